The van der Waals surface area contributed by atoms with E-state index in [0.717, 1.165) is 18.4 Å². The summed E-state index contributed by atoms with van der Waals surface area (Å²) in [6.45, 7) is 0. The zero-order valence-corrected chi connectivity index (χ0v) is 16.1. The highest BCUT2D eigenvalue weighted by atomic mass is 32.2. The average molecular weight is 376 g/mol. The maximum Gasteiger partial charge on any atom is 0.264 e. The van der Waals surface area contributed by atoms with E-state index < -0.39 is 0 Å². The lowest BCUT2D eigenvalue weighted by atomic mass is 9.96. The second-order valence-corrected chi connectivity index (χ2v) is 7.27. The fraction of sp³-hybridized carbons (Fsp3) is 0.474. The highest BCUT2D eigenvalue weighted by Gasteiger charge is 2.26. The van der Waals surface area contributed by atoms with Gasteiger partial charge in [-0.15, -0.1) is 0 Å². The lowest BCUT2D eigenvalue weighted by molar-refractivity contribution is -0.115. The molecule has 1 N–H and O–H groups in total. The fourth-order valence-electron chi connectivity index (χ4n) is 3.17. The number of amides is 1. The molecule has 0 atom stereocenters. The highest BCUT2D eigenvalue weighted by Crippen LogP contribution is 2.37. The molecule has 0 unspecified atom stereocenters. The molecule has 26 heavy (non-hydrogen) atoms. The number of nitrogens with zero attached hydrogens (tertiary/aromatic N) is 1. The van der Waals surface area contributed by atoms with E-state index in [4.69, 9.17) is 19.2 Å². The molecule has 1 amide bonds. The van der Waals surface area contributed by atoms with Crippen LogP contribution in [0.3, 0.4) is 0 Å². The molecule has 2 aliphatic rings. The Morgan fingerprint density at radius 3 is 2.35 bits per heavy atom. The first-order valence-electron chi connectivity index (χ1n) is 8.73. The zero-order chi connectivity index (χ0) is 18.5. The van der Waals surface area contributed by atoms with Crippen LogP contribution in [0.2, 0.25) is 0 Å². The van der Waals surface area contributed by atoms with Crippen molar-refractivity contribution in [3.63, 3.8) is 0 Å². The molecular formula is C19H24N2O4S. The summed E-state index contributed by atoms with van der Waals surface area (Å²) in [4.78, 5) is 17.6. The van der Waals surface area contributed by atoms with Crippen LogP contribution in [0.25, 0.3) is 6.08 Å². The summed E-state index contributed by atoms with van der Waals surface area (Å²) in [7, 11) is 4.73. The molecule has 6 nitrogen and oxygen atoms in total. The van der Waals surface area contributed by atoms with Crippen LogP contribution in [0.4, 0.5) is 0 Å². The summed E-state index contributed by atoms with van der Waals surface area (Å²) in [5, 5.41) is 3.56. The largest absolute Gasteiger partial charge is 0.496 e. The van der Waals surface area contributed by atoms with Crippen LogP contribution in [0.1, 0.15) is 37.7 Å². The predicted octanol–water partition coefficient (Wildman–Crippen LogP) is 3.61. The van der Waals surface area contributed by atoms with Gasteiger partial charge in [-0.25, -0.2) is 0 Å². The number of carbonyl (C=O) groups is 1. The van der Waals surface area contributed by atoms with Gasteiger partial charge in [-0.2, -0.15) is 0 Å². The minimum absolute atomic E-state index is 0.138. The molecular weight excluding hydrogens is 352 g/mol. The maximum atomic E-state index is 12.3. The normalized spacial score (nSPS) is 21.1. The summed E-state index contributed by atoms with van der Waals surface area (Å²) < 4.78 is 16.1. The van der Waals surface area contributed by atoms with E-state index in [2.05, 4.69) is 5.32 Å². The lowest BCUT2D eigenvalue weighted by Gasteiger charge is -2.17. The third-order valence-corrected chi connectivity index (χ3v) is 5.47. The standard InChI is InChI=1S/C19H24N2O4S/c1-23-14-11-16(25-3)15(24-2)9-12(14)10-17-18(22)21-19(26-17)20-13-7-5-4-6-8-13/h9-11,13H,4-8H2,1-3H3,(H,20,21,22)/b17-10-. The molecule has 1 aliphatic heterocycles. The topological polar surface area (TPSA) is 69.2 Å². The first-order valence-corrected chi connectivity index (χ1v) is 9.55. The number of benzene rings is 1. The second kappa shape index (κ2) is 8.49. The molecule has 3 rings (SSSR count). The summed E-state index contributed by atoms with van der Waals surface area (Å²) in [5.41, 5.74) is 0.752. The van der Waals surface area contributed by atoms with E-state index in [1.54, 1.807) is 39.5 Å². The SMILES string of the molecule is COc1cc(OC)c(OC)cc1/C=C1\SC(=NC2CCCCC2)NC1=O. The number of nitrogens with one attached hydrogen (secondary N) is 1. The smallest absolute Gasteiger partial charge is 0.264 e. The van der Waals surface area contributed by atoms with Crippen molar-refractivity contribution in [1.82, 2.24) is 5.32 Å². The third-order valence-electron chi connectivity index (χ3n) is 4.55. The van der Waals surface area contributed by atoms with Gasteiger partial charge in [0.1, 0.15) is 5.75 Å². The van der Waals surface area contributed by atoms with Crippen molar-refractivity contribution in [3.8, 4) is 17.2 Å². The predicted molar refractivity (Wildman–Crippen MR) is 104 cm³/mol. The number of thioether (sulfide) groups is 1. The summed E-state index contributed by atoms with van der Waals surface area (Å²) >= 11 is 1.37. The first kappa shape index (κ1) is 18.6. The van der Waals surface area contributed by atoms with Gasteiger partial charge in [0, 0.05) is 11.6 Å². The van der Waals surface area contributed by atoms with Crippen molar-refractivity contribution in [2.45, 2.75) is 38.1 Å². The van der Waals surface area contributed by atoms with E-state index in [9.17, 15) is 4.79 Å². The molecule has 0 bridgehead atoms. The van der Waals surface area contributed by atoms with E-state index in [1.807, 2.05) is 0 Å². The van der Waals surface area contributed by atoms with Crippen LogP contribution in [0.5, 0.6) is 17.2 Å². The molecule has 1 heterocycles. The molecule has 0 aromatic heterocycles. The Morgan fingerprint density at radius 2 is 1.69 bits per heavy atom. The lowest BCUT2D eigenvalue weighted by Crippen LogP contribution is -2.22. The highest BCUT2D eigenvalue weighted by molar-refractivity contribution is 8.18. The Morgan fingerprint density at radius 1 is 1.04 bits per heavy atom. The summed E-state index contributed by atoms with van der Waals surface area (Å²) in [6, 6.07) is 3.87. The van der Waals surface area contributed by atoms with Crippen molar-refractivity contribution in [3.05, 3.63) is 22.6 Å². The minimum atomic E-state index is -0.138. The van der Waals surface area contributed by atoms with Gasteiger partial charge in [0.15, 0.2) is 16.7 Å². The Labute approximate surface area is 158 Å². The number of hydrogen-bond donors (Lipinski definition) is 1. The number of aliphatic imine (C=N–C) groups is 1. The number of methoxy groups -OCH3 is 3. The van der Waals surface area contributed by atoms with Gasteiger partial charge < -0.3 is 19.5 Å². The average Bonchev–Trinajstić information content (AvgIpc) is 3.01. The second-order valence-electron chi connectivity index (χ2n) is 6.24. The Bertz CT molecular complexity index is 739. The Hall–Kier alpha value is -2.15. The van der Waals surface area contributed by atoms with E-state index in [-0.39, 0.29) is 5.91 Å². The number of carbonyl (C=O) groups excluding carboxylic acids is 1. The van der Waals surface area contributed by atoms with Crippen LogP contribution in [0.15, 0.2) is 22.0 Å². The van der Waals surface area contributed by atoms with E-state index in [1.165, 1.54) is 31.0 Å². The van der Waals surface area contributed by atoms with Gasteiger partial charge in [0.05, 0.1) is 32.3 Å². The Balaban J connectivity index is 1.85. The van der Waals surface area contributed by atoms with Crippen molar-refractivity contribution in [2.75, 3.05) is 21.3 Å². The molecule has 1 aromatic rings. The summed E-state index contributed by atoms with van der Waals surface area (Å²) in [6.07, 6.45) is 7.71. The van der Waals surface area contributed by atoms with Gasteiger partial charge in [-0.3, -0.25) is 9.79 Å². The van der Waals surface area contributed by atoms with Gasteiger partial charge in [0.2, 0.25) is 0 Å². The van der Waals surface area contributed by atoms with Crippen LogP contribution < -0.4 is 19.5 Å². The summed E-state index contributed by atoms with van der Waals surface area (Å²) in [5.74, 6) is 1.64. The molecule has 1 aliphatic carbocycles. The third kappa shape index (κ3) is 4.15. The van der Waals surface area contributed by atoms with Crippen molar-refractivity contribution < 1.29 is 19.0 Å². The van der Waals surface area contributed by atoms with Gasteiger partial charge in [0.25, 0.3) is 5.91 Å². The van der Waals surface area contributed by atoms with Crippen LogP contribution in [-0.4, -0.2) is 38.4 Å². The van der Waals surface area contributed by atoms with Gasteiger partial charge in [-0.05, 0) is 36.7 Å². The molecule has 7 heteroatoms. The zero-order valence-electron chi connectivity index (χ0n) is 15.3. The van der Waals surface area contributed by atoms with Gasteiger partial charge in [-0.1, -0.05) is 19.3 Å². The van der Waals surface area contributed by atoms with Crippen LogP contribution in [-0.2, 0) is 4.79 Å². The first-order chi connectivity index (χ1) is 12.6. The molecule has 0 spiro atoms. The van der Waals surface area contributed by atoms with Crippen molar-refractivity contribution in [1.29, 1.82) is 0 Å². The number of rotatable bonds is 5. The molecule has 140 valence electrons. The van der Waals surface area contributed by atoms with Crippen LogP contribution >= 0.6 is 11.8 Å². The number of hydrogen-bond acceptors (Lipinski definition) is 6. The number of ether oxygens (including phenoxy) is 3. The van der Waals surface area contributed by atoms with Gasteiger partial charge >= 0.3 is 0 Å². The Kier molecular flexibility index (Phi) is 6.08. The minimum Gasteiger partial charge on any atom is -0.496 e. The number of amidine groups is 1. The molecule has 1 aromatic carbocycles. The van der Waals surface area contributed by atoms with Crippen LogP contribution in [0, 0.1) is 0 Å². The molecule has 0 radical (unpaired) electrons. The van der Waals surface area contributed by atoms with Crippen molar-refractivity contribution in [2.24, 2.45) is 4.99 Å². The van der Waals surface area contributed by atoms with E-state index >= 15 is 0 Å². The molecule has 1 saturated heterocycles. The molecule has 2 fully saturated rings. The maximum absolute atomic E-state index is 12.3. The quantitative estimate of drug-likeness (QED) is 0.795. The van der Waals surface area contributed by atoms with E-state index in [0.29, 0.717) is 33.4 Å². The monoisotopic (exact) mass is 376 g/mol. The molecule has 1 saturated carbocycles. The van der Waals surface area contributed by atoms with Crippen molar-refractivity contribution >= 4 is 28.9 Å². The fourth-order valence-corrected chi connectivity index (χ4v) is 4.05.